The molecule has 5 nitrogen and oxygen atoms in total. The Morgan fingerprint density at radius 3 is 2.45 bits per heavy atom. The number of hydrogen-bond acceptors (Lipinski definition) is 4. The zero-order valence-electron chi connectivity index (χ0n) is 12.4. The average Bonchev–Trinajstić information content (AvgIpc) is 2.39. The fourth-order valence-electron chi connectivity index (χ4n) is 2.08. The number of sulfonamides is 1. The molecule has 20 heavy (non-hydrogen) atoms. The molecular weight excluding hydrogens is 276 g/mol. The third-order valence-corrected chi connectivity index (χ3v) is 5.52. The second-order valence-electron chi connectivity index (χ2n) is 4.91. The van der Waals surface area contributed by atoms with Crippen molar-refractivity contribution in [3.8, 4) is 0 Å². The summed E-state index contributed by atoms with van der Waals surface area (Å²) < 4.78 is 26.8. The number of nitrogens with zero attached hydrogens (tertiary/aromatic N) is 1. The number of aryl methyl sites for hydroxylation is 1. The largest absolute Gasteiger partial charge is 0.398 e. The number of hydrogen-bond donors (Lipinski definition) is 2. The molecular formula is C14H24N2O3S. The molecule has 0 aliphatic heterocycles. The third-order valence-electron chi connectivity index (χ3n) is 3.42. The molecule has 1 rings (SSSR count). The van der Waals surface area contributed by atoms with Gasteiger partial charge in [-0.2, -0.15) is 4.31 Å². The van der Waals surface area contributed by atoms with Crippen LogP contribution in [0.25, 0.3) is 0 Å². The molecule has 0 aliphatic rings. The molecule has 1 aromatic carbocycles. The maximum Gasteiger partial charge on any atom is 0.245 e. The van der Waals surface area contributed by atoms with Gasteiger partial charge in [0.15, 0.2) is 0 Å². The van der Waals surface area contributed by atoms with E-state index in [0.29, 0.717) is 12.1 Å². The highest BCUT2D eigenvalue weighted by molar-refractivity contribution is 7.89. The molecule has 0 bridgehead atoms. The Bertz CT molecular complexity index is 556. The maximum absolute atomic E-state index is 12.8. The lowest BCUT2D eigenvalue weighted by atomic mass is 10.1. The summed E-state index contributed by atoms with van der Waals surface area (Å²) in [4.78, 5) is 0.169. The van der Waals surface area contributed by atoms with E-state index in [1.807, 2.05) is 19.9 Å². The maximum atomic E-state index is 12.8. The Kier molecular flexibility index (Phi) is 5.98. The van der Waals surface area contributed by atoms with E-state index >= 15 is 0 Å². The highest BCUT2D eigenvalue weighted by atomic mass is 32.2. The summed E-state index contributed by atoms with van der Waals surface area (Å²) >= 11 is 0. The fraction of sp³-hybridized carbons (Fsp3) is 0.571. The number of unbranched alkanes of at least 4 members (excludes halogenated alkanes) is 1. The molecule has 0 amide bonds. The van der Waals surface area contributed by atoms with Crippen LogP contribution in [0.3, 0.4) is 0 Å². The monoisotopic (exact) mass is 300 g/mol. The van der Waals surface area contributed by atoms with E-state index in [2.05, 4.69) is 0 Å². The van der Waals surface area contributed by atoms with Crippen molar-refractivity contribution < 1.29 is 13.5 Å². The fourth-order valence-corrected chi connectivity index (χ4v) is 3.94. The van der Waals surface area contributed by atoms with Gasteiger partial charge in [0.2, 0.25) is 10.0 Å². The van der Waals surface area contributed by atoms with E-state index in [9.17, 15) is 8.42 Å². The first-order valence-electron chi connectivity index (χ1n) is 6.83. The van der Waals surface area contributed by atoms with Crippen LogP contribution in [-0.2, 0) is 10.0 Å². The minimum atomic E-state index is -3.67. The van der Waals surface area contributed by atoms with Crippen molar-refractivity contribution in [3.05, 3.63) is 23.3 Å². The third kappa shape index (κ3) is 3.50. The van der Waals surface area contributed by atoms with Crippen LogP contribution in [-0.4, -0.2) is 37.5 Å². The van der Waals surface area contributed by atoms with Crippen LogP contribution >= 0.6 is 0 Å². The molecule has 0 aromatic heterocycles. The number of nitrogen functional groups attached to an aromatic ring is 1. The molecule has 6 heteroatoms. The Balaban J connectivity index is 3.29. The van der Waals surface area contributed by atoms with Gasteiger partial charge in [-0.25, -0.2) is 8.42 Å². The summed E-state index contributed by atoms with van der Waals surface area (Å²) in [6, 6.07) is 3.43. The van der Waals surface area contributed by atoms with Gasteiger partial charge in [-0.1, -0.05) is 19.4 Å². The molecule has 1 aromatic rings. The Labute approximate surface area is 121 Å². The zero-order valence-corrected chi connectivity index (χ0v) is 13.2. The summed E-state index contributed by atoms with van der Waals surface area (Å²) in [5.74, 6) is 0. The van der Waals surface area contributed by atoms with Gasteiger partial charge in [0.05, 0.1) is 12.3 Å². The molecule has 0 atom stereocenters. The van der Waals surface area contributed by atoms with E-state index in [0.717, 1.165) is 18.4 Å². The van der Waals surface area contributed by atoms with Crippen molar-refractivity contribution in [1.29, 1.82) is 0 Å². The minimum absolute atomic E-state index is 0.0924. The molecule has 0 radical (unpaired) electrons. The number of anilines is 1. The predicted molar refractivity (Wildman–Crippen MR) is 81.1 cm³/mol. The lowest BCUT2D eigenvalue weighted by molar-refractivity contribution is 0.252. The van der Waals surface area contributed by atoms with Crippen molar-refractivity contribution in [3.63, 3.8) is 0 Å². The van der Waals surface area contributed by atoms with Crippen LogP contribution in [0.5, 0.6) is 0 Å². The molecule has 0 aliphatic carbocycles. The highest BCUT2D eigenvalue weighted by Crippen LogP contribution is 2.28. The Hall–Kier alpha value is -1.11. The van der Waals surface area contributed by atoms with Crippen molar-refractivity contribution in [2.24, 2.45) is 0 Å². The number of rotatable bonds is 7. The van der Waals surface area contributed by atoms with Crippen LogP contribution in [0, 0.1) is 13.8 Å². The molecule has 3 N–H and O–H groups in total. The topological polar surface area (TPSA) is 83.6 Å². The normalized spacial score (nSPS) is 12.1. The smallest absolute Gasteiger partial charge is 0.245 e. The lowest BCUT2D eigenvalue weighted by Gasteiger charge is -2.23. The minimum Gasteiger partial charge on any atom is -0.398 e. The zero-order chi connectivity index (χ0) is 15.3. The molecule has 0 saturated carbocycles. The van der Waals surface area contributed by atoms with E-state index in [4.69, 9.17) is 10.8 Å². The summed E-state index contributed by atoms with van der Waals surface area (Å²) in [7, 11) is -3.67. The number of aliphatic hydroxyl groups excluding tert-OH is 1. The van der Waals surface area contributed by atoms with Crippen molar-refractivity contribution in [2.45, 2.75) is 38.5 Å². The molecule has 0 fully saturated rings. The molecule has 0 spiro atoms. The van der Waals surface area contributed by atoms with Gasteiger partial charge in [-0.3, -0.25) is 0 Å². The van der Waals surface area contributed by atoms with E-state index < -0.39 is 10.0 Å². The van der Waals surface area contributed by atoms with Gasteiger partial charge in [0, 0.05) is 13.1 Å². The van der Waals surface area contributed by atoms with Gasteiger partial charge in [0.1, 0.15) is 4.90 Å². The SMILES string of the molecule is CCCCN(CCO)S(=O)(=O)c1c(N)ccc(C)c1C. The number of benzene rings is 1. The van der Waals surface area contributed by atoms with E-state index in [1.54, 1.807) is 13.0 Å². The van der Waals surface area contributed by atoms with Gasteiger partial charge in [0.25, 0.3) is 0 Å². The molecule has 114 valence electrons. The van der Waals surface area contributed by atoms with Gasteiger partial charge < -0.3 is 10.8 Å². The Morgan fingerprint density at radius 2 is 1.90 bits per heavy atom. The van der Waals surface area contributed by atoms with Crippen LogP contribution in [0.2, 0.25) is 0 Å². The van der Waals surface area contributed by atoms with Crippen molar-refractivity contribution in [2.75, 3.05) is 25.4 Å². The summed E-state index contributed by atoms with van der Waals surface area (Å²) in [6.45, 7) is 5.90. The van der Waals surface area contributed by atoms with E-state index in [1.165, 1.54) is 4.31 Å². The summed E-state index contributed by atoms with van der Waals surface area (Å²) in [5.41, 5.74) is 7.68. The molecule has 0 heterocycles. The first-order chi connectivity index (χ1) is 9.36. The van der Waals surface area contributed by atoms with Crippen LogP contribution in [0.1, 0.15) is 30.9 Å². The van der Waals surface area contributed by atoms with Gasteiger partial charge in [-0.15, -0.1) is 0 Å². The predicted octanol–water partition coefficient (Wildman–Crippen LogP) is 1.67. The van der Waals surface area contributed by atoms with E-state index in [-0.39, 0.29) is 23.7 Å². The number of aliphatic hydroxyl groups is 1. The standard InChI is InChI=1S/C14H24N2O3S/c1-4-5-8-16(9-10-17)20(18,19)14-12(3)11(2)6-7-13(14)15/h6-7,17H,4-5,8-10,15H2,1-3H3. The summed E-state index contributed by atoms with van der Waals surface area (Å²) in [6.07, 6.45) is 1.64. The Morgan fingerprint density at radius 1 is 1.25 bits per heavy atom. The molecule has 0 saturated heterocycles. The second kappa shape index (κ2) is 7.06. The first kappa shape index (κ1) is 16.9. The van der Waals surface area contributed by atoms with Crippen LogP contribution in [0.4, 0.5) is 5.69 Å². The van der Waals surface area contributed by atoms with Crippen LogP contribution in [0.15, 0.2) is 17.0 Å². The second-order valence-corrected chi connectivity index (χ2v) is 6.78. The average molecular weight is 300 g/mol. The van der Waals surface area contributed by atoms with Crippen molar-refractivity contribution in [1.82, 2.24) is 4.31 Å². The quantitative estimate of drug-likeness (QED) is 0.750. The van der Waals surface area contributed by atoms with Crippen LogP contribution < -0.4 is 5.73 Å². The highest BCUT2D eigenvalue weighted by Gasteiger charge is 2.28. The summed E-state index contributed by atoms with van der Waals surface area (Å²) in [5, 5.41) is 9.10. The number of nitrogens with two attached hydrogens (primary N) is 1. The van der Waals surface area contributed by atoms with Gasteiger partial charge >= 0.3 is 0 Å². The van der Waals surface area contributed by atoms with Crippen molar-refractivity contribution >= 4 is 15.7 Å². The first-order valence-corrected chi connectivity index (χ1v) is 8.27. The van der Waals surface area contributed by atoms with Gasteiger partial charge in [-0.05, 0) is 37.5 Å². The lowest BCUT2D eigenvalue weighted by Crippen LogP contribution is -2.35. The molecule has 0 unspecified atom stereocenters.